The second-order valence-electron chi connectivity index (χ2n) is 5.62. The molecular weight excluding hydrogens is 447 g/mol. The van der Waals surface area contributed by atoms with Crippen LogP contribution in [0.3, 0.4) is 0 Å². The smallest absolute Gasteiger partial charge is 0.191 e. The largest absolute Gasteiger partial charge is 0.492 e. The lowest BCUT2D eigenvalue weighted by atomic mass is 10.2. The molecule has 25 heavy (non-hydrogen) atoms. The van der Waals surface area contributed by atoms with Crippen molar-refractivity contribution in [2.24, 2.45) is 4.99 Å². The number of likely N-dealkylation sites (N-methyl/N-ethyl adjacent to an activating group) is 1. The molecule has 138 valence electrons. The van der Waals surface area contributed by atoms with Crippen LogP contribution in [-0.4, -0.2) is 45.2 Å². The molecule has 0 spiro atoms. The fourth-order valence-corrected chi connectivity index (χ4v) is 2.76. The summed E-state index contributed by atoms with van der Waals surface area (Å²) in [5.74, 6) is 1.70. The van der Waals surface area contributed by atoms with Crippen LogP contribution in [0.25, 0.3) is 0 Å². The number of thiophene rings is 1. The monoisotopic (exact) mass is 474 g/mol. The molecule has 0 aliphatic rings. The van der Waals surface area contributed by atoms with E-state index in [9.17, 15) is 0 Å². The fraction of sp³-hybridized carbons (Fsp3) is 0.389. The van der Waals surface area contributed by atoms with Gasteiger partial charge in [0.2, 0.25) is 0 Å². The summed E-state index contributed by atoms with van der Waals surface area (Å²) in [7, 11) is 5.86. The number of aliphatic imine (C=N–C) groups is 1. The van der Waals surface area contributed by atoms with Crippen molar-refractivity contribution in [3.63, 3.8) is 0 Å². The van der Waals surface area contributed by atoms with E-state index in [1.807, 2.05) is 32.3 Å². The van der Waals surface area contributed by atoms with Crippen LogP contribution < -0.4 is 15.4 Å². The molecule has 1 aromatic heterocycles. The second kappa shape index (κ2) is 12.1. The molecule has 0 aliphatic heterocycles. The lowest BCUT2D eigenvalue weighted by Crippen LogP contribution is -2.36. The molecule has 7 heteroatoms. The Morgan fingerprint density at radius 1 is 1.12 bits per heavy atom. The summed E-state index contributed by atoms with van der Waals surface area (Å²) >= 11 is 1.73. The minimum absolute atomic E-state index is 0. The van der Waals surface area contributed by atoms with Crippen molar-refractivity contribution in [2.45, 2.75) is 13.1 Å². The quantitative estimate of drug-likeness (QED) is 0.351. The predicted molar refractivity (Wildman–Crippen MR) is 117 cm³/mol. The molecule has 2 N–H and O–H groups in total. The number of hydrogen-bond acceptors (Lipinski definition) is 4. The van der Waals surface area contributed by atoms with Crippen molar-refractivity contribution in [2.75, 3.05) is 34.3 Å². The third-order valence-corrected chi connectivity index (χ3v) is 4.33. The molecule has 1 aromatic carbocycles. The van der Waals surface area contributed by atoms with E-state index in [0.29, 0.717) is 13.2 Å². The van der Waals surface area contributed by atoms with E-state index in [1.165, 1.54) is 4.88 Å². The van der Waals surface area contributed by atoms with E-state index in [4.69, 9.17) is 4.74 Å². The Kier molecular flexibility index (Phi) is 10.5. The highest BCUT2D eigenvalue weighted by Crippen LogP contribution is 2.17. The summed E-state index contributed by atoms with van der Waals surface area (Å²) in [6.07, 6.45) is 0. The first kappa shape index (κ1) is 21.7. The average molecular weight is 474 g/mol. The first-order chi connectivity index (χ1) is 11.7. The molecule has 0 radical (unpaired) electrons. The molecule has 0 fully saturated rings. The fourth-order valence-electron chi connectivity index (χ4n) is 2.11. The summed E-state index contributed by atoms with van der Waals surface area (Å²) in [5, 5.41) is 8.74. The van der Waals surface area contributed by atoms with Gasteiger partial charge in [-0.3, -0.25) is 4.99 Å². The molecule has 0 amide bonds. The van der Waals surface area contributed by atoms with Gasteiger partial charge in [0, 0.05) is 30.6 Å². The second-order valence-corrected chi connectivity index (χ2v) is 6.65. The third kappa shape index (κ3) is 8.06. The maximum atomic E-state index is 5.89. The highest BCUT2D eigenvalue weighted by Gasteiger charge is 2.05. The van der Waals surface area contributed by atoms with Gasteiger partial charge in [0.1, 0.15) is 12.4 Å². The van der Waals surface area contributed by atoms with Gasteiger partial charge in [-0.1, -0.05) is 24.3 Å². The number of guanidine groups is 1. The molecule has 2 aromatic rings. The molecule has 0 aliphatic carbocycles. The summed E-state index contributed by atoms with van der Waals surface area (Å²) in [4.78, 5) is 7.66. The maximum Gasteiger partial charge on any atom is 0.191 e. The van der Waals surface area contributed by atoms with E-state index < -0.39 is 0 Å². The summed E-state index contributed by atoms with van der Waals surface area (Å²) in [6, 6.07) is 12.3. The van der Waals surface area contributed by atoms with Crippen LogP contribution in [0.2, 0.25) is 0 Å². The highest BCUT2D eigenvalue weighted by molar-refractivity contribution is 14.0. The van der Waals surface area contributed by atoms with Crippen molar-refractivity contribution in [1.29, 1.82) is 0 Å². The van der Waals surface area contributed by atoms with Gasteiger partial charge in [-0.25, -0.2) is 0 Å². The van der Waals surface area contributed by atoms with Gasteiger partial charge in [0.15, 0.2) is 5.96 Å². The Bertz CT molecular complexity index is 632. The molecule has 5 nitrogen and oxygen atoms in total. The van der Waals surface area contributed by atoms with Gasteiger partial charge in [-0.05, 0) is 31.6 Å². The normalized spacial score (nSPS) is 11.1. The van der Waals surface area contributed by atoms with Crippen LogP contribution in [0, 0.1) is 0 Å². The molecule has 0 saturated heterocycles. The molecule has 1 heterocycles. The van der Waals surface area contributed by atoms with Gasteiger partial charge in [0.05, 0.1) is 6.54 Å². The van der Waals surface area contributed by atoms with E-state index in [0.717, 1.165) is 30.4 Å². The molecule has 0 atom stereocenters. The molecule has 0 bridgehead atoms. The van der Waals surface area contributed by atoms with E-state index in [2.05, 4.69) is 44.1 Å². The Morgan fingerprint density at radius 2 is 1.88 bits per heavy atom. The topological polar surface area (TPSA) is 48.9 Å². The number of rotatable bonds is 8. The minimum atomic E-state index is 0. The van der Waals surface area contributed by atoms with Crippen molar-refractivity contribution in [3.8, 4) is 5.75 Å². The Morgan fingerprint density at radius 3 is 2.56 bits per heavy atom. The van der Waals surface area contributed by atoms with Crippen molar-refractivity contribution in [1.82, 2.24) is 15.5 Å². The molecule has 0 unspecified atom stereocenters. The van der Waals surface area contributed by atoms with E-state index in [1.54, 1.807) is 18.4 Å². The number of nitrogens with zero attached hydrogens (tertiary/aromatic N) is 2. The van der Waals surface area contributed by atoms with Gasteiger partial charge >= 0.3 is 0 Å². The standard InChI is InChI=1S/C18H26N4OS.HI/c1-19-18(21-14-16-8-6-12-24-16)20-13-15-7-4-5-9-17(15)23-11-10-22(2)3;/h4-9,12H,10-11,13-14H2,1-3H3,(H2,19,20,21);1H. The van der Waals surface area contributed by atoms with E-state index in [-0.39, 0.29) is 24.0 Å². The van der Waals surface area contributed by atoms with E-state index >= 15 is 0 Å². The number of ether oxygens (including phenoxy) is 1. The van der Waals surface area contributed by atoms with Gasteiger partial charge in [0.25, 0.3) is 0 Å². The number of benzene rings is 1. The van der Waals surface area contributed by atoms with Gasteiger partial charge in [-0.2, -0.15) is 0 Å². The highest BCUT2D eigenvalue weighted by atomic mass is 127. The summed E-state index contributed by atoms with van der Waals surface area (Å²) < 4.78 is 5.89. The SMILES string of the molecule is CN=C(NCc1cccs1)NCc1ccccc1OCCN(C)C.I. The van der Waals surface area contributed by atoms with Gasteiger partial charge in [-0.15, -0.1) is 35.3 Å². The molecule has 2 rings (SSSR count). The van der Waals surface area contributed by atoms with Crippen molar-refractivity contribution in [3.05, 3.63) is 52.2 Å². The summed E-state index contributed by atoms with van der Waals surface area (Å²) in [5.41, 5.74) is 1.12. The van der Waals surface area contributed by atoms with Crippen molar-refractivity contribution < 1.29 is 4.74 Å². The first-order valence-corrected chi connectivity index (χ1v) is 8.89. The lowest BCUT2D eigenvalue weighted by Gasteiger charge is -2.16. The number of hydrogen-bond donors (Lipinski definition) is 2. The number of halogens is 1. The van der Waals surface area contributed by atoms with Crippen LogP contribution in [0.4, 0.5) is 0 Å². The van der Waals surface area contributed by atoms with Crippen LogP contribution >= 0.6 is 35.3 Å². The van der Waals surface area contributed by atoms with Gasteiger partial charge < -0.3 is 20.3 Å². The first-order valence-electron chi connectivity index (χ1n) is 8.01. The molecule has 0 saturated carbocycles. The zero-order chi connectivity index (χ0) is 17.2. The number of nitrogens with one attached hydrogen (secondary N) is 2. The Labute approximate surface area is 171 Å². The van der Waals surface area contributed by atoms with Crippen LogP contribution in [-0.2, 0) is 13.1 Å². The maximum absolute atomic E-state index is 5.89. The van der Waals surface area contributed by atoms with Crippen LogP contribution in [0.1, 0.15) is 10.4 Å². The minimum Gasteiger partial charge on any atom is -0.492 e. The predicted octanol–water partition coefficient (Wildman–Crippen LogP) is 3.17. The average Bonchev–Trinajstić information content (AvgIpc) is 3.09. The van der Waals surface area contributed by atoms with Crippen molar-refractivity contribution >= 4 is 41.3 Å². The number of para-hydroxylation sites is 1. The summed E-state index contributed by atoms with van der Waals surface area (Å²) in [6.45, 7) is 3.02. The Hall–Kier alpha value is -1.32. The zero-order valence-electron chi connectivity index (χ0n) is 15.0. The zero-order valence-corrected chi connectivity index (χ0v) is 18.1. The Balaban J connectivity index is 0.00000312. The third-order valence-electron chi connectivity index (χ3n) is 3.45. The van der Waals surface area contributed by atoms with Crippen LogP contribution in [0.5, 0.6) is 5.75 Å². The molecular formula is C18H27IN4OS. The van der Waals surface area contributed by atoms with Crippen LogP contribution in [0.15, 0.2) is 46.8 Å². The lowest BCUT2D eigenvalue weighted by molar-refractivity contribution is 0.259.